The Morgan fingerprint density at radius 1 is 1.22 bits per heavy atom. The Balaban J connectivity index is 1.71. The van der Waals surface area contributed by atoms with E-state index in [0.29, 0.717) is 18.0 Å². The molecule has 142 valence electrons. The normalized spacial score (nSPS) is 19.3. The van der Waals surface area contributed by atoms with Crippen LogP contribution in [0.2, 0.25) is 0 Å². The number of anilines is 1. The monoisotopic (exact) mass is 369 g/mol. The summed E-state index contributed by atoms with van der Waals surface area (Å²) in [4.78, 5) is 23.5. The van der Waals surface area contributed by atoms with E-state index in [-0.39, 0.29) is 17.9 Å². The van der Waals surface area contributed by atoms with Crippen molar-refractivity contribution in [2.45, 2.75) is 25.9 Å². The highest BCUT2D eigenvalue weighted by Gasteiger charge is 2.33. The number of carbonyl (C=O) groups excluding carboxylic acids is 1. The lowest BCUT2D eigenvalue weighted by Gasteiger charge is -2.31. The molecule has 1 aliphatic rings. The number of hydrogen-bond acceptors (Lipinski definition) is 4. The zero-order valence-corrected chi connectivity index (χ0v) is 15.2. The zero-order chi connectivity index (χ0) is 19.2. The number of nitrogens with one attached hydrogen (secondary N) is 1. The van der Waals surface area contributed by atoms with Crippen LogP contribution in [0.5, 0.6) is 5.75 Å². The second-order valence-corrected chi connectivity index (χ2v) is 6.60. The molecule has 1 fully saturated rings. The van der Waals surface area contributed by atoms with Crippen LogP contribution in [-0.4, -0.2) is 30.2 Å². The van der Waals surface area contributed by atoms with Gasteiger partial charge in [0.15, 0.2) is 6.61 Å². The van der Waals surface area contributed by atoms with Crippen LogP contribution < -0.4 is 10.1 Å². The summed E-state index contributed by atoms with van der Waals surface area (Å²) in [7, 11) is 0. The van der Waals surface area contributed by atoms with Crippen molar-refractivity contribution in [3.8, 4) is 5.75 Å². The maximum absolute atomic E-state index is 12.9. The summed E-state index contributed by atoms with van der Waals surface area (Å²) in [6, 6.07) is 14.9. The van der Waals surface area contributed by atoms with Crippen LogP contribution in [0.1, 0.15) is 30.1 Å². The van der Waals surface area contributed by atoms with Gasteiger partial charge in [0.05, 0.1) is 12.0 Å². The molecule has 1 heterocycles. The molecule has 2 aromatic carbocycles. The van der Waals surface area contributed by atoms with Gasteiger partial charge in [-0.25, -0.2) is 4.79 Å². The molecule has 1 aliphatic heterocycles. The Hall–Kier alpha value is -2.86. The summed E-state index contributed by atoms with van der Waals surface area (Å²) < 4.78 is 11.1. The molecule has 2 N–H and O–H groups in total. The fourth-order valence-corrected chi connectivity index (χ4v) is 3.26. The number of amides is 1. The van der Waals surface area contributed by atoms with E-state index >= 15 is 0 Å². The Kier molecular flexibility index (Phi) is 6.08. The number of hydrogen-bond donors (Lipinski definition) is 2. The second kappa shape index (κ2) is 8.68. The van der Waals surface area contributed by atoms with Crippen LogP contribution in [0.15, 0.2) is 48.5 Å². The predicted molar refractivity (Wildman–Crippen MR) is 101 cm³/mol. The van der Waals surface area contributed by atoms with Gasteiger partial charge < -0.3 is 19.9 Å². The molecular formula is C21H23NO5. The SMILES string of the molecule is Cc1cc(OCC(=O)O)ccc1NC(=O)C1CCCOC1c1ccccc1. The first-order valence-corrected chi connectivity index (χ1v) is 8.97. The van der Waals surface area contributed by atoms with Crippen molar-refractivity contribution >= 4 is 17.6 Å². The molecule has 0 spiro atoms. The molecule has 3 rings (SSSR count). The van der Waals surface area contributed by atoms with Crippen molar-refractivity contribution < 1.29 is 24.2 Å². The lowest BCUT2D eigenvalue weighted by atomic mass is 9.88. The summed E-state index contributed by atoms with van der Waals surface area (Å²) in [5, 5.41) is 11.7. The largest absolute Gasteiger partial charge is 0.482 e. The Bertz CT molecular complexity index is 805. The molecule has 0 aromatic heterocycles. The number of aryl methyl sites for hydroxylation is 1. The van der Waals surface area contributed by atoms with Gasteiger partial charge in [-0.2, -0.15) is 0 Å². The molecule has 1 saturated heterocycles. The molecule has 2 atom stereocenters. The Morgan fingerprint density at radius 3 is 2.70 bits per heavy atom. The van der Waals surface area contributed by atoms with Crippen LogP contribution in [0.4, 0.5) is 5.69 Å². The average Bonchev–Trinajstić information content (AvgIpc) is 2.69. The average molecular weight is 369 g/mol. The highest BCUT2D eigenvalue weighted by molar-refractivity contribution is 5.93. The third-order valence-corrected chi connectivity index (χ3v) is 4.61. The molecule has 0 bridgehead atoms. The zero-order valence-electron chi connectivity index (χ0n) is 15.2. The Labute approximate surface area is 158 Å². The van der Waals surface area contributed by atoms with Crippen molar-refractivity contribution in [2.24, 2.45) is 5.92 Å². The molecule has 0 radical (unpaired) electrons. The molecule has 0 aliphatic carbocycles. The lowest BCUT2D eigenvalue weighted by molar-refractivity contribution is -0.139. The molecule has 0 saturated carbocycles. The smallest absolute Gasteiger partial charge is 0.341 e. The third kappa shape index (κ3) is 4.86. The van der Waals surface area contributed by atoms with Crippen molar-refractivity contribution in [3.05, 3.63) is 59.7 Å². The predicted octanol–water partition coefficient (Wildman–Crippen LogP) is 3.56. The molecule has 27 heavy (non-hydrogen) atoms. The lowest BCUT2D eigenvalue weighted by Crippen LogP contribution is -2.33. The van der Waals surface area contributed by atoms with E-state index in [4.69, 9.17) is 14.6 Å². The van der Waals surface area contributed by atoms with Gasteiger partial charge in [0.2, 0.25) is 5.91 Å². The van der Waals surface area contributed by atoms with Crippen molar-refractivity contribution in [3.63, 3.8) is 0 Å². The number of carboxylic acid groups (broad SMARTS) is 1. The van der Waals surface area contributed by atoms with Crippen LogP contribution in [0.25, 0.3) is 0 Å². The van der Waals surface area contributed by atoms with Gasteiger partial charge in [0.25, 0.3) is 0 Å². The minimum Gasteiger partial charge on any atom is -0.482 e. The quantitative estimate of drug-likeness (QED) is 0.813. The van der Waals surface area contributed by atoms with E-state index in [1.807, 2.05) is 37.3 Å². The molecule has 1 amide bonds. The number of rotatable bonds is 6. The van der Waals surface area contributed by atoms with Gasteiger partial charge in [-0.05, 0) is 49.1 Å². The van der Waals surface area contributed by atoms with Crippen LogP contribution in [0.3, 0.4) is 0 Å². The first-order chi connectivity index (χ1) is 13.0. The number of ether oxygens (including phenoxy) is 2. The molecular weight excluding hydrogens is 346 g/mol. The number of aliphatic carboxylic acids is 1. The minimum atomic E-state index is -1.03. The summed E-state index contributed by atoms with van der Waals surface area (Å²) in [5.74, 6) is -0.917. The highest BCUT2D eigenvalue weighted by atomic mass is 16.5. The van der Waals surface area contributed by atoms with Gasteiger partial charge >= 0.3 is 5.97 Å². The molecule has 2 unspecified atom stereocenters. The standard InChI is InChI=1S/C21H23NO5/c1-14-12-16(27-13-19(23)24)9-10-18(14)22-21(25)17-8-5-11-26-20(17)15-6-3-2-4-7-15/h2-4,6-7,9-10,12,17,20H,5,8,11,13H2,1H3,(H,22,25)(H,23,24). The number of benzene rings is 2. The van der Waals surface area contributed by atoms with Crippen molar-refractivity contribution in [2.75, 3.05) is 18.5 Å². The first kappa shape index (κ1) is 18.9. The molecule has 2 aromatic rings. The molecule has 6 heteroatoms. The summed E-state index contributed by atoms with van der Waals surface area (Å²) in [6.45, 7) is 2.09. The summed E-state index contributed by atoms with van der Waals surface area (Å²) in [5.41, 5.74) is 2.49. The van der Waals surface area contributed by atoms with Gasteiger partial charge in [0, 0.05) is 12.3 Å². The van der Waals surface area contributed by atoms with Gasteiger partial charge in [-0.1, -0.05) is 30.3 Å². The van der Waals surface area contributed by atoms with Gasteiger partial charge in [-0.3, -0.25) is 4.79 Å². The van der Waals surface area contributed by atoms with Crippen LogP contribution in [0, 0.1) is 12.8 Å². The van der Waals surface area contributed by atoms with Crippen molar-refractivity contribution in [1.29, 1.82) is 0 Å². The summed E-state index contributed by atoms with van der Waals surface area (Å²) in [6.07, 6.45) is 1.37. The van der Waals surface area contributed by atoms with E-state index in [1.165, 1.54) is 0 Å². The van der Waals surface area contributed by atoms with Crippen molar-refractivity contribution in [1.82, 2.24) is 0 Å². The van der Waals surface area contributed by atoms with E-state index in [1.54, 1.807) is 18.2 Å². The van der Waals surface area contributed by atoms with Gasteiger partial charge in [-0.15, -0.1) is 0 Å². The summed E-state index contributed by atoms with van der Waals surface area (Å²) >= 11 is 0. The Morgan fingerprint density at radius 2 is 2.00 bits per heavy atom. The van der Waals surface area contributed by atoms with E-state index in [0.717, 1.165) is 24.0 Å². The number of carbonyl (C=O) groups is 2. The van der Waals surface area contributed by atoms with E-state index in [9.17, 15) is 9.59 Å². The van der Waals surface area contributed by atoms with Crippen LogP contribution in [-0.2, 0) is 14.3 Å². The first-order valence-electron chi connectivity index (χ1n) is 8.97. The van der Waals surface area contributed by atoms with E-state index in [2.05, 4.69) is 5.32 Å². The van der Waals surface area contributed by atoms with E-state index < -0.39 is 12.6 Å². The minimum absolute atomic E-state index is 0.0779. The van der Waals surface area contributed by atoms with Gasteiger partial charge in [0.1, 0.15) is 5.75 Å². The maximum atomic E-state index is 12.9. The second-order valence-electron chi connectivity index (χ2n) is 6.60. The molecule has 6 nitrogen and oxygen atoms in total. The van der Waals surface area contributed by atoms with Crippen LogP contribution >= 0.6 is 0 Å². The topological polar surface area (TPSA) is 84.9 Å². The highest BCUT2D eigenvalue weighted by Crippen LogP contribution is 2.34. The maximum Gasteiger partial charge on any atom is 0.341 e. The fraction of sp³-hybridized carbons (Fsp3) is 0.333. The fourth-order valence-electron chi connectivity index (χ4n) is 3.26. The third-order valence-electron chi connectivity index (χ3n) is 4.61. The number of carboxylic acids is 1.